The van der Waals surface area contributed by atoms with Crippen LogP contribution in [0.5, 0.6) is 0 Å². The SMILES string of the molecule is NC(=S)C1(NC(=O)CSc2ccccc2)CCCCCC1. The Labute approximate surface area is 136 Å². The summed E-state index contributed by atoms with van der Waals surface area (Å²) in [7, 11) is 0. The third-order valence-electron chi connectivity index (χ3n) is 3.92. The van der Waals surface area contributed by atoms with Crippen molar-refractivity contribution in [2.24, 2.45) is 5.73 Å². The second-order valence-corrected chi connectivity index (χ2v) is 7.00. The second kappa shape index (κ2) is 7.80. The van der Waals surface area contributed by atoms with E-state index in [0.29, 0.717) is 10.7 Å². The molecule has 1 fully saturated rings. The fraction of sp³-hybridized carbons (Fsp3) is 0.500. The first-order chi connectivity index (χ1) is 10.1. The maximum atomic E-state index is 12.3. The molecular formula is C16H22N2OS2. The average molecular weight is 322 g/mol. The summed E-state index contributed by atoms with van der Waals surface area (Å²) in [4.78, 5) is 13.8. The highest BCUT2D eigenvalue weighted by Gasteiger charge is 2.35. The van der Waals surface area contributed by atoms with E-state index in [1.54, 1.807) is 0 Å². The molecular weight excluding hydrogens is 300 g/mol. The summed E-state index contributed by atoms with van der Waals surface area (Å²) < 4.78 is 0. The van der Waals surface area contributed by atoms with Crippen molar-refractivity contribution in [1.82, 2.24) is 5.32 Å². The molecule has 1 aromatic carbocycles. The van der Waals surface area contributed by atoms with Gasteiger partial charge >= 0.3 is 0 Å². The number of thioether (sulfide) groups is 1. The van der Waals surface area contributed by atoms with Crippen LogP contribution in [0.15, 0.2) is 35.2 Å². The van der Waals surface area contributed by atoms with E-state index in [9.17, 15) is 4.79 Å². The van der Waals surface area contributed by atoms with Crippen LogP contribution >= 0.6 is 24.0 Å². The van der Waals surface area contributed by atoms with Crippen molar-refractivity contribution in [3.05, 3.63) is 30.3 Å². The van der Waals surface area contributed by atoms with Gasteiger partial charge in [-0.25, -0.2) is 0 Å². The summed E-state index contributed by atoms with van der Waals surface area (Å²) >= 11 is 6.78. The van der Waals surface area contributed by atoms with Crippen molar-refractivity contribution in [3.63, 3.8) is 0 Å². The quantitative estimate of drug-likeness (QED) is 0.496. The fourth-order valence-electron chi connectivity index (χ4n) is 2.73. The van der Waals surface area contributed by atoms with Gasteiger partial charge in [0.15, 0.2) is 0 Å². The minimum Gasteiger partial charge on any atom is -0.391 e. The van der Waals surface area contributed by atoms with E-state index in [2.05, 4.69) is 5.32 Å². The van der Waals surface area contributed by atoms with Gasteiger partial charge in [0.2, 0.25) is 5.91 Å². The largest absolute Gasteiger partial charge is 0.391 e. The molecule has 3 N–H and O–H groups in total. The molecule has 0 unspecified atom stereocenters. The van der Waals surface area contributed by atoms with Gasteiger partial charge in [-0.05, 0) is 25.0 Å². The Morgan fingerprint density at radius 2 is 1.81 bits per heavy atom. The first kappa shape index (κ1) is 16.3. The molecule has 0 aliphatic heterocycles. The second-order valence-electron chi connectivity index (χ2n) is 5.51. The number of rotatable bonds is 5. The van der Waals surface area contributed by atoms with Gasteiger partial charge < -0.3 is 11.1 Å². The van der Waals surface area contributed by atoms with E-state index in [1.807, 2.05) is 30.3 Å². The van der Waals surface area contributed by atoms with E-state index in [4.69, 9.17) is 18.0 Å². The summed E-state index contributed by atoms with van der Waals surface area (Å²) in [6.07, 6.45) is 6.26. The number of carbonyl (C=O) groups excluding carboxylic acids is 1. The lowest BCUT2D eigenvalue weighted by molar-refractivity contribution is -0.119. The zero-order valence-corrected chi connectivity index (χ0v) is 13.8. The topological polar surface area (TPSA) is 55.1 Å². The van der Waals surface area contributed by atoms with Gasteiger partial charge in [0.05, 0.1) is 16.3 Å². The molecule has 1 aromatic rings. The highest BCUT2D eigenvalue weighted by Crippen LogP contribution is 2.28. The maximum absolute atomic E-state index is 12.3. The minimum absolute atomic E-state index is 0.0125. The average Bonchev–Trinajstić information content (AvgIpc) is 2.73. The molecule has 3 nitrogen and oxygen atoms in total. The highest BCUT2D eigenvalue weighted by molar-refractivity contribution is 8.00. The predicted molar refractivity (Wildman–Crippen MR) is 92.5 cm³/mol. The molecule has 0 bridgehead atoms. The lowest BCUT2D eigenvalue weighted by Crippen LogP contribution is -2.56. The molecule has 0 radical (unpaired) electrons. The third-order valence-corrected chi connectivity index (χ3v) is 5.32. The smallest absolute Gasteiger partial charge is 0.231 e. The Kier molecular flexibility index (Phi) is 6.06. The molecule has 114 valence electrons. The molecule has 1 aliphatic carbocycles. The predicted octanol–water partition coefficient (Wildman–Crippen LogP) is 3.27. The van der Waals surface area contributed by atoms with Gasteiger partial charge in [-0.15, -0.1) is 11.8 Å². The molecule has 0 spiro atoms. The number of amides is 1. The highest BCUT2D eigenvalue weighted by atomic mass is 32.2. The van der Waals surface area contributed by atoms with E-state index in [1.165, 1.54) is 24.6 Å². The molecule has 0 heterocycles. The van der Waals surface area contributed by atoms with Gasteiger partial charge in [-0.2, -0.15) is 0 Å². The van der Waals surface area contributed by atoms with Gasteiger partial charge in [-0.1, -0.05) is 56.1 Å². The molecule has 1 saturated carbocycles. The van der Waals surface area contributed by atoms with Crippen molar-refractivity contribution in [1.29, 1.82) is 0 Å². The third kappa shape index (κ3) is 4.71. The van der Waals surface area contributed by atoms with Gasteiger partial charge in [-0.3, -0.25) is 4.79 Å². The van der Waals surface area contributed by atoms with Crippen LogP contribution in [-0.2, 0) is 4.79 Å². The van der Waals surface area contributed by atoms with Gasteiger partial charge in [0, 0.05) is 4.90 Å². The Balaban J connectivity index is 1.93. The van der Waals surface area contributed by atoms with Gasteiger partial charge in [0.25, 0.3) is 0 Å². The van der Waals surface area contributed by atoms with E-state index >= 15 is 0 Å². The van der Waals surface area contributed by atoms with Crippen molar-refractivity contribution in [2.75, 3.05) is 5.75 Å². The Bertz CT molecular complexity index is 482. The molecule has 1 amide bonds. The van der Waals surface area contributed by atoms with Crippen LogP contribution in [0.4, 0.5) is 0 Å². The molecule has 1 aliphatic rings. The number of nitrogens with two attached hydrogens (primary N) is 1. The summed E-state index contributed by atoms with van der Waals surface area (Å²) in [5.41, 5.74) is 5.47. The van der Waals surface area contributed by atoms with E-state index < -0.39 is 5.54 Å². The summed E-state index contributed by atoms with van der Waals surface area (Å²) in [5, 5.41) is 3.12. The number of hydrogen-bond acceptors (Lipinski definition) is 3. The maximum Gasteiger partial charge on any atom is 0.231 e. The normalized spacial score (nSPS) is 17.7. The Morgan fingerprint density at radius 3 is 2.38 bits per heavy atom. The minimum atomic E-state index is -0.472. The first-order valence-electron chi connectivity index (χ1n) is 7.41. The number of hydrogen-bond donors (Lipinski definition) is 2. The number of carbonyl (C=O) groups is 1. The standard InChI is InChI=1S/C16H22N2OS2/c17-15(20)16(10-6-1-2-7-11-16)18-14(19)12-21-13-8-4-3-5-9-13/h3-5,8-9H,1-2,6-7,10-12H2,(H2,17,20)(H,18,19). The Hall–Kier alpha value is -1.07. The monoisotopic (exact) mass is 322 g/mol. The Morgan fingerprint density at radius 1 is 1.19 bits per heavy atom. The first-order valence-corrected chi connectivity index (χ1v) is 8.80. The van der Waals surface area contributed by atoms with Crippen LogP contribution in [0, 0.1) is 0 Å². The van der Waals surface area contributed by atoms with Gasteiger partial charge in [0.1, 0.15) is 0 Å². The molecule has 0 atom stereocenters. The molecule has 0 aromatic heterocycles. The van der Waals surface area contributed by atoms with E-state index in [0.717, 1.165) is 30.6 Å². The van der Waals surface area contributed by atoms with Crippen LogP contribution in [0.1, 0.15) is 38.5 Å². The summed E-state index contributed by atoms with van der Waals surface area (Å²) in [5.74, 6) is 0.410. The number of nitrogens with one attached hydrogen (secondary N) is 1. The van der Waals surface area contributed by atoms with Crippen LogP contribution in [0.3, 0.4) is 0 Å². The lowest BCUT2D eigenvalue weighted by Gasteiger charge is -2.32. The van der Waals surface area contributed by atoms with Crippen molar-refractivity contribution in [2.45, 2.75) is 49.0 Å². The lowest BCUT2D eigenvalue weighted by atomic mass is 9.90. The van der Waals surface area contributed by atoms with Crippen LogP contribution < -0.4 is 11.1 Å². The van der Waals surface area contributed by atoms with E-state index in [-0.39, 0.29) is 5.91 Å². The molecule has 21 heavy (non-hydrogen) atoms. The molecule has 5 heteroatoms. The number of benzene rings is 1. The zero-order chi connectivity index (χ0) is 15.1. The van der Waals surface area contributed by atoms with Crippen molar-refractivity contribution < 1.29 is 4.79 Å². The fourth-order valence-corrected chi connectivity index (χ4v) is 3.71. The zero-order valence-electron chi connectivity index (χ0n) is 12.1. The van der Waals surface area contributed by atoms with Crippen LogP contribution in [-0.4, -0.2) is 22.2 Å². The van der Waals surface area contributed by atoms with Crippen molar-refractivity contribution >= 4 is 34.9 Å². The molecule has 2 rings (SSSR count). The van der Waals surface area contributed by atoms with Crippen LogP contribution in [0.2, 0.25) is 0 Å². The van der Waals surface area contributed by atoms with Crippen LogP contribution in [0.25, 0.3) is 0 Å². The molecule has 0 saturated heterocycles. The van der Waals surface area contributed by atoms with Crippen molar-refractivity contribution in [3.8, 4) is 0 Å². The summed E-state index contributed by atoms with van der Waals surface area (Å²) in [6, 6.07) is 9.93. The number of thiocarbonyl (C=S) groups is 1. The summed E-state index contributed by atoms with van der Waals surface area (Å²) in [6.45, 7) is 0.